The molecule has 1 saturated heterocycles. The quantitative estimate of drug-likeness (QED) is 0.158. The van der Waals surface area contributed by atoms with Gasteiger partial charge in [0.25, 0.3) is 0 Å². The minimum Gasteiger partial charge on any atom is -0.370 e. The minimum absolute atomic E-state index is 0.0102. The van der Waals surface area contributed by atoms with Gasteiger partial charge in [-0.1, -0.05) is 30.3 Å². The molecule has 0 aliphatic carbocycles. The molecule has 31 heavy (non-hydrogen) atoms. The first-order chi connectivity index (χ1) is 14.8. The third kappa shape index (κ3) is 7.61. The van der Waals surface area contributed by atoms with Crippen molar-refractivity contribution in [1.29, 1.82) is 0 Å². The van der Waals surface area contributed by atoms with Crippen LogP contribution in [0.15, 0.2) is 35.3 Å². The lowest BCUT2D eigenvalue weighted by Crippen LogP contribution is -2.54. The van der Waals surface area contributed by atoms with E-state index in [1.807, 2.05) is 35.2 Å². The summed E-state index contributed by atoms with van der Waals surface area (Å²) in [5.41, 5.74) is 17.6. The second kappa shape index (κ2) is 12.4. The predicted molar refractivity (Wildman–Crippen MR) is 120 cm³/mol. The van der Waals surface area contributed by atoms with Gasteiger partial charge in [-0.25, -0.2) is 0 Å². The molecule has 1 aliphatic rings. The zero-order valence-electron chi connectivity index (χ0n) is 17.5. The third-order valence-corrected chi connectivity index (χ3v) is 5.58. The lowest BCUT2D eigenvalue weighted by atomic mass is 10.0. The van der Waals surface area contributed by atoms with E-state index in [4.69, 9.17) is 28.8 Å². The van der Waals surface area contributed by atoms with Gasteiger partial charge in [0.05, 0.1) is 24.0 Å². The Balaban J connectivity index is 1.98. The zero-order chi connectivity index (χ0) is 22.8. The molecule has 9 nitrogen and oxygen atoms in total. The summed E-state index contributed by atoms with van der Waals surface area (Å²) < 4.78 is 0. The number of amides is 2. The number of aliphatic imine (C=N–C) groups is 1. The van der Waals surface area contributed by atoms with Crippen LogP contribution in [0.4, 0.5) is 0 Å². The van der Waals surface area contributed by atoms with Crippen molar-refractivity contribution in [3.63, 3.8) is 0 Å². The Morgan fingerprint density at radius 3 is 2.58 bits per heavy atom. The molecule has 0 saturated carbocycles. The summed E-state index contributed by atoms with van der Waals surface area (Å²) in [6.07, 6.45) is 2.65. The fourth-order valence-electron chi connectivity index (χ4n) is 3.80. The number of alkyl halides is 1. The van der Waals surface area contributed by atoms with Gasteiger partial charge in [0.2, 0.25) is 11.8 Å². The number of imide groups is 1. The van der Waals surface area contributed by atoms with E-state index in [2.05, 4.69) is 10.3 Å². The predicted octanol–water partition coefficient (Wildman–Crippen LogP) is -0.106. The number of likely N-dealkylation sites (tertiary alicyclic amines) is 1. The van der Waals surface area contributed by atoms with Crippen LogP contribution in [0.3, 0.4) is 0 Å². The lowest BCUT2D eigenvalue weighted by Gasteiger charge is -2.31. The highest BCUT2D eigenvalue weighted by Crippen LogP contribution is 2.24. The normalized spacial score (nSPS) is 18.2. The zero-order valence-corrected chi connectivity index (χ0v) is 18.3. The second-order valence-corrected chi connectivity index (χ2v) is 7.88. The monoisotopic (exact) mass is 450 g/mol. The average molecular weight is 451 g/mol. The highest BCUT2D eigenvalue weighted by atomic mass is 35.5. The average Bonchev–Trinajstić information content (AvgIpc) is 3.23. The van der Waals surface area contributed by atoms with Crippen LogP contribution in [0, 0.1) is 0 Å². The topological polar surface area (TPSA) is 157 Å². The summed E-state index contributed by atoms with van der Waals surface area (Å²) >= 11 is 5.80. The molecule has 0 aromatic heterocycles. The van der Waals surface area contributed by atoms with Crippen LogP contribution in [0.2, 0.25) is 0 Å². The standard InChI is InChI=1S/C21H31ClN6O3/c22-13-18(29)16(8-4-10-26-21(24)25)28-11-5-9-17(28)20(31)27-19(30)15(23)12-14-6-2-1-3-7-14/h1-3,6-7,15-17H,4-5,8-13,23H2,(H4,24,25,26)(H,27,30,31). The number of rotatable bonds is 11. The van der Waals surface area contributed by atoms with E-state index in [1.165, 1.54) is 0 Å². The van der Waals surface area contributed by atoms with E-state index in [-0.39, 0.29) is 17.6 Å². The maximum Gasteiger partial charge on any atom is 0.243 e. The van der Waals surface area contributed by atoms with Crippen LogP contribution in [0.1, 0.15) is 31.2 Å². The van der Waals surface area contributed by atoms with Crippen LogP contribution < -0.4 is 22.5 Å². The number of ketones is 1. The van der Waals surface area contributed by atoms with Gasteiger partial charge in [-0.2, -0.15) is 0 Å². The highest BCUT2D eigenvalue weighted by Gasteiger charge is 2.38. The summed E-state index contributed by atoms with van der Waals surface area (Å²) in [5.74, 6) is -1.31. The second-order valence-electron chi connectivity index (χ2n) is 7.61. The fourth-order valence-corrected chi connectivity index (χ4v) is 3.97. The van der Waals surface area contributed by atoms with Gasteiger partial charge in [-0.15, -0.1) is 11.6 Å². The molecule has 7 N–H and O–H groups in total. The summed E-state index contributed by atoms with van der Waals surface area (Å²) in [6, 6.07) is 7.39. The number of Topliss-reactive ketones (excluding diaryl/α,β-unsaturated/α-hetero) is 1. The van der Waals surface area contributed by atoms with E-state index in [1.54, 1.807) is 0 Å². The maximum absolute atomic E-state index is 12.8. The highest BCUT2D eigenvalue weighted by molar-refractivity contribution is 6.28. The van der Waals surface area contributed by atoms with Gasteiger partial charge < -0.3 is 17.2 Å². The first-order valence-corrected chi connectivity index (χ1v) is 10.9. The summed E-state index contributed by atoms with van der Waals surface area (Å²) in [4.78, 5) is 43.5. The molecule has 3 atom stereocenters. The lowest BCUT2D eigenvalue weighted by molar-refractivity contribution is -0.135. The van der Waals surface area contributed by atoms with Crippen molar-refractivity contribution in [1.82, 2.24) is 10.2 Å². The molecule has 170 valence electrons. The number of carbonyl (C=O) groups excluding carboxylic acids is 3. The Hall–Kier alpha value is -2.49. The Labute approximate surface area is 187 Å². The van der Waals surface area contributed by atoms with Crippen molar-refractivity contribution < 1.29 is 14.4 Å². The molecule has 1 aliphatic heterocycles. The molecule has 0 spiro atoms. The van der Waals surface area contributed by atoms with Crippen molar-refractivity contribution in [2.45, 2.75) is 50.2 Å². The molecule has 1 fully saturated rings. The number of guanidine groups is 1. The van der Waals surface area contributed by atoms with Gasteiger partial charge >= 0.3 is 0 Å². The van der Waals surface area contributed by atoms with Gasteiger partial charge in [0.1, 0.15) is 0 Å². The molecule has 2 rings (SSSR count). The van der Waals surface area contributed by atoms with Crippen molar-refractivity contribution in [2.24, 2.45) is 22.2 Å². The fraction of sp³-hybridized carbons (Fsp3) is 0.524. The van der Waals surface area contributed by atoms with E-state index in [0.717, 1.165) is 12.0 Å². The Bertz CT molecular complexity index is 785. The molecule has 0 radical (unpaired) electrons. The van der Waals surface area contributed by atoms with Crippen LogP contribution in [-0.4, -0.2) is 65.6 Å². The smallest absolute Gasteiger partial charge is 0.243 e. The largest absolute Gasteiger partial charge is 0.370 e. The molecular weight excluding hydrogens is 420 g/mol. The molecule has 1 aromatic carbocycles. The van der Waals surface area contributed by atoms with E-state index < -0.39 is 29.9 Å². The number of nitrogens with two attached hydrogens (primary N) is 3. The van der Waals surface area contributed by atoms with Crippen molar-refractivity contribution in [3.8, 4) is 0 Å². The van der Waals surface area contributed by atoms with Crippen molar-refractivity contribution >= 4 is 35.2 Å². The molecule has 1 aromatic rings. The number of hydrogen-bond acceptors (Lipinski definition) is 6. The number of benzene rings is 1. The van der Waals surface area contributed by atoms with Gasteiger partial charge in [0.15, 0.2) is 11.7 Å². The van der Waals surface area contributed by atoms with E-state index >= 15 is 0 Å². The molecular formula is C21H31ClN6O3. The van der Waals surface area contributed by atoms with Gasteiger partial charge in [0, 0.05) is 6.54 Å². The number of nitrogens with one attached hydrogen (secondary N) is 1. The van der Waals surface area contributed by atoms with E-state index in [9.17, 15) is 14.4 Å². The first-order valence-electron chi connectivity index (χ1n) is 10.4. The first kappa shape index (κ1) is 24.8. The third-order valence-electron chi connectivity index (χ3n) is 5.31. The van der Waals surface area contributed by atoms with Crippen LogP contribution in [-0.2, 0) is 20.8 Å². The van der Waals surface area contributed by atoms with Gasteiger partial charge in [-0.05, 0) is 44.2 Å². The summed E-state index contributed by atoms with van der Waals surface area (Å²) in [7, 11) is 0. The molecule has 10 heteroatoms. The maximum atomic E-state index is 12.8. The summed E-state index contributed by atoms with van der Waals surface area (Å²) in [6.45, 7) is 0.948. The van der Waals surface area contributed by atoms with Crippen molar-refractivity contribution in [2.75, 3.05) is 19.0 Å². The SMILES string of the molecule is NC(N)=NCCCC(C(=O)CCl)N1CCCC1C(=O)NC(=O)C(N)Cc1ccccc1. The number of halogens is 1. The van der Waals surface area contributed by atoms with E-state index in [0.29, 0.717) is 38.8 Å². The Kier molecular flexibility index (Phi) is 9.90. The van der Waals surface area contributed by atoms with Crippen LogP contribution in [0.25, 0.3) is 0 Å². The minimum atomic E-state index is -0.846. The number of carbonyl (C=O) groups is 3. The number of nitrogens with zero attached hydrogens (tertiary/aromatic N) is 2. The summed E-state index contributed by atoms with van der Waals surface area (Å²) in [5, 5.41) is 2.42. The van der Waals surface area contributed by atoms with Crippen molar-refractivity contribution in [3.05, 3.63) is 35.9 Å². The van der Waals surface area contributed by atoms with Crippen LogP contribution in [0.5, 0.6) is 0 Å². The Morgan fingerprint density at radius 2 is 1.94 bits per heavy atom. The Morgan fingerprint density at radius 1 is 1.23 bits per heavy atom. The molecule has 0 bridgehead atoms. The van der Waals surface area contributed by atoms with Crippen LogP contribution >= 0.6 is 11.6 Å². The van der Waals surface area contributed by atoms with Gasteiger partial charge in [-0.3, -0.25) is 29.6 Å². The molecule has 3 unspecified atom stereocenters. The molecule has 1 heterocycles. The number of hydrogen-bond donors (Lipinski definition) is 4. The molecule has 2 amide bonds.